The van der Waals surface area contributed by atoms with E-state index in [1.165, 1.54) is 25.7 Å². The SMILES string of the molecule is CC1CCCCC1CNc1ccc(N)c2cc(Br)cnc12. The van der Waals surface area contributed by atoms with Crippen LogP contribution in [-0.2, 0) is 0 Å². The molecular weight excluding hydrogens is 326 g/mol. The molecule has 0 radical (unpaired) electrons. The standard InChI is InChI=1S/C17H22BrN3/c1-11-4-2-3-5-12(11)9-20-16-7-6-15(19)14-8-13(18)10-21-17(14)16/h6-8,10-12,20H,2-5,9,19H2,1H3. The average molecular weight is 348 g/mol. The first-order valence-electron chi connectivity index (χ1n) is 7.73. The Bertz CT molecular complexity index is 641. The van der Waals surface area contributed by atoms with E-state index in [9.17, 15) is 0 Å². The van der Waals surface area contributed by atoms with Crippen molar-refractivity contribution in [2.24, 2.45) is 11.8 Å². The molecule has 3 nitrogen and oxygen atoms in total. The van der Waals surface area contributed by atoms with Crippen LogP contribution in [0.1, 0.15) is 32.6 Å². The third-order valence-electron chi connectivity index (χ3n) is 4.69. The van der Waals surface area contributed by atoms with Gasteiger partial charge >= 0.3 is 0 Å². The Kier molecular flexibility index (Phi) is 4.34. The van der Waals surface area contributed by atoms with E-state index in [1.54, 1.807) is 0 Å². The fraction of sp³-hybridized carbons (Fsp3) is 0.471. The quantitative estimate of drug-likeness (QED) is 0.782. The lowest BCUT2D eigenvalue weighted by Gasteiger charge is -2.29. The molecular formula is C17H22BrN3. The molecule has 0 bridgehead atoms. The molecule has 1 aromatic carbocycles. The summed E-state index contributed by atoms with van der Waals surface area (Å²) in [6, 6.07) is 6.04. The molecule has 1 saturated carbocycles. The predicted octanol–water partition coefficient (Wildman–Crippen LogP) is 4.82. The summed E-state index contributed by atoms with van der Waals surface area (Å²) in [7, 11) is 0. The van der Waals surface area contributed by atoms with E-state index in [-0.39, 0.29) is 0 Å². The van der Waals surface area contributed by atoms with Crippen molar-refractivity contribution in [3.63, 3.8) is 0 Å². The van der Waals surface area contributed by atoms with Gasteiger partial charge in [-0.25, -0.2) is 0 Å². The number of halogens is 1. The third kappa shape index (κ3) is 3.15. The van der Waals surface area contributed by atoms with Crippen LogP contribution >= 0.6 is 15.9 Å². The summed E-state index contributed by atoms with van der Waals surface area (Å²) in [5.41, 5.74) is 8.89. The zero-order chi connectivity index (χ0) is 14.8. The molecule has 0 amide bonds. The molecule has 2 atom stereocenters. The van der Waals surface area contributed by atoms with Crippen LogP contribution in [0.4, 0.5) is 11.4 Å². The van der Waals surface area contributed by atoms with Crippen LogP contribution < -0.4 is 11.1 Å². The number of hydrogen-bond donors (Lipinski definition) is 2. The van der Waals surface area contributed by atoms with E-state index in [1.807, 2.05) is 24.4 Å². The highest BCUT2D eigenvalue weighted by Crippen LogP contribution is 2.32. The number of benzene rings is 1. The van der Waals surface area contributed by atoms with Gasteiger partial charge in [-0.05, 0) is 52.4 Å². The molecule has 1 heterocycles. The Balaban J connectivity index is 1.82. The Hall–Kier alpha value is -1.29. The van der Waals surface area contributed by atoms with Crippen molar-refractivity contribution in [1.82, 2.24) is 4.98 Å². The largest absolute Gasteiger partial charge is 0.398 e. The van der Waals surface area contributed by atoms with Gasteiger partial charge in [0, 0.05) is 28.3 Å². The molecule has 21 heavy (non-hydrogen) atoms. The van der Waals surface area contributed by atoms with Gasteiger partial charge in [0.05, 0.1) is 11.2 Å². The first kappa shape index (κ1) is 14.6. The van der Waals surface area contributed by atoms with Gasteiger partial charge in [-0.1, -0.05) is 26.2 Å². The first-order valence-corrected chi connectivity index (χ1v) is 8.52. The van der Waals surface area contributed by atoms with Gasteiger partial charge in [-0.2, -0.15) is 0 Å². The molecule has 0 saturated heterocycles. The van der Waals surface area contributed by atoms with E-state index >= 15 is 0 Å². The topological polar surface area (TPSA) is 50.9 Å². The molecule has 1 fully saturated rings. The fourth-order valence-corrected chi connectivity index (χ4v) is 3.63. The lowest BCUT2D eigenvalue weighted by molar-refractivity contribution is 0.268. The predicted molar refractivity (Wildman–Crippen MR) is 93.5 cm³/mol. The summed E-state index contributed by atoms with van der Waals surface area (Å²) >= 11 is 3.46. The van der Waals surface area contributed by atoms with Crippen LogP contribution in [-0.4, -0.2) is 11.5 Å². The number of nitrogens with one attached hydrogen (secondary N) is 1. The second-order valence-corrected chi connectivity index (χ2v) is 7.07. The maximum Gasteiger partial charge on any atom is 0.0954 e. The minimum atomic E-state index is 0.766. The fourth-order valence-electron chi connectivity index (χ4n) is 3.30. The Labute approximate surface area is 134 Å². The van der Waals surface area contributed by atoms with Crippen molar-refractivity contribution in [2.75, 3.05) is 17.6 Å². The summed E-state index contributed by atoms with van der Waals surface area (Å²) in [4.78, 5) is 4.53. The average Bonchev–Trinajstić information content (AvgIpc) is 2.48. The van der Waals surface area contributed by atoms with Crippen LogP contribution in [0.2, 0.25) is 0 Å². The highest BCUT2D eigenvalue weighted by molar-refractivity contribution is 9.10. The van der Waals surface area contributed by atoms with Gasteiger partial charge in [0.2, 0.25) is 0 Å². The van der Waals surface area contributed by atoms with Gasteiger partial charge in [0.1, 0.15) is 0 Å². The Morgan fingerprint density at radius 3 is 2.95 bits per heavy atom. The van der Waals surface area contributed by atoms with Gasteiger partial charge in [-0.15, -0.1) is 0 Å². The summed E-state index contributed by atoms with van der Waals surface area (Å²) < 4.78 is 0.958. The minimum Gasteiger partial charge on any atom is -0.398 e. The molecule has 2 aromatic rings. The highest BCUT2D eigenvalue weighted by Gasteiger charge is 2.21. The molecule has 4 heteroatoms. The number of rotatable bonds is 3. The van der Waals surface area contributed by atoms with Crippen LogP contribution in [0.15, 0.2) is 28.9 Å². The van der Waals surface area contributed by atoms with Crippen molar-refractivity contribution < 1.29 is 0 Å². The van der Waals surface area contributed by atoms with Crippen molar-refractivity contribution in [1.29, 1.82) is 0 Å². The van der Waals surface area contributed by atoms with Crippen LogP contribution in [0, 0.1) is 11.8 Å². The lowest BCUT2D eigenvalue weighted by Crippen LogP contribution is -2.24. The zero-order valence-corrected chi connectivity index (χ0v) is 14.0. The van der Waals surface area contributed by atoms with Gasteiger partial charge < -0.3 is 11.1 Å². The maximum atomic E-state index is 6.07. The molecule has 1 aliphatic carbocycles. The number of nitrogens with zero attached hydrogens (tertiary/aromatic N) is 1. The number of pyridine rings is 1. The Morgan fingerprint density at radius 1 is 1.33 bits per heavy atom. The zero-order valence-electron chi connectivity index (χ0n) is 12.4. The number of fused-ring (bicyclic) bond motifs is 1. The molecule has 0 aliphatic heterocycles. The van der Waals surface area contributed by atoms with E-state index < -0.39 is 0 Å². The second-order valence-electron chi connectivity index (χ2n) is 6.15. The smallest absolute Gasteiger partial charge is 0.0954 e. The normalized spacial score (nSPS) is 22.4. The maximum absolute atomic E-state index is 6.07. The van der Waals surface area contributed by atoms with Gasteiger partial charge in [0.15, 0.2) is 0 Å². The molecule has 3 N–H and O–H groups in total. The van der Waals surface area contributed by atoms with E-state index in [0.717, 1.165) is 45.1 Å². The summed E-state index contributed by atoms with van der Waals surface area (Å²) in [6.45, 7) is 3.40. The van der Waals surface area contributed by atoms with Gasteiger partial charge in [0.25, 0.3) is 0 Å². The molecule has 3 rings (SSSR count). The van der Waals surface area contributed by atoms with Crippen LogP contribution in [0.25, 0.3) is 10.9 Å². The lowest BCUT2D eigenvalue weighted by atomic mass is 9.80. The second kappa shape index (κ2) is 6.22. The highest BCUT2D eigenvalue weighted by atomic mass is 79.9. The van der Waals surface area contributed by atoms with Crippen molar-refractivity contribution >= 4 is 38.2 Å². The summed E-state index contributed by atoms with van der Waals surface area (Å²) in [6.07, 6.45) is 7.28. The summed E-state index contributed by atoms with van der Waals surface area (Å²) in [5, 5.41) is 4.61. The third-order valence-corrected chi connectivity index (χ3v) is 5.13. The molecule has 0 spiro atoms. The molecule has 1 aliphatic rings. The van der Waals surface area contributed by atoms with E-state index in [4.69, 9.17) is 5.73 Å². The van der Waals surface area contributed by atoms with Crippen LogP contribution in [0.3, 0.4) is 0 Å². The number of anilines is 2. The van der Waals surface area contributed by atoms with Crippen molar-refractivity contribution in [2.45, 2.75) is 32.6 Å². The van der Waals surface area contributed by atoms with E-state index in [2.05, 4.69) is 33.2 Å². The number of nitrogen functional groups attached to an aromatic ring is 1. The monoisotopic (exact) mass is 347 g/mol. The molecule has 112 valence electrons. The van der Waals surface area contributed by atoms with Crippen molar-refractivity contribution in [3.8, 4) is 0 Å². The van der Waals surface area contributed by atoms with Gasteiger partial charge in [-0.3, -0.25) is 4.98 Å². The summed E-state index contributed by atoms with van der Waals surface area (Å²) in [5.74, 6) is 1.58. The van der Waals surface area contributed by atoms with Crippen LogP contribution in [0.5, 0.6) is 0 Å². The van der Waals surface area contributed by atoms with Crippen molar-refractivity contribution in [3.05, 3.63) is 28.9 Å². The minimum absolute atomic E-state index is 0.766. The van der Waals surface area contributed by atoms with E-state index in [0.29, 0.717) is 0 Å². The molecule has 1 aromatic heterocycles. The number of nitrogens with two attached hydrogens (primary N) is 1. The Morgan fingerprint density at radius 2 is 2.14 bits per heavy atom. The molecule has 2 unspecified atom stereocenters. The number of hydrogen-bond acceptors (Lipinski definition) is 3. The number of aromatic nitrogens is 1. The first-order chi connectivity index (χ1) is 10.1.